The molecule has 1 aromatic rings. The topological polar surface area (TPSA) is 52.5 Å². The lowest BCUT2D eigenvalue weighted by molar-refractivity contribution is 0.149. The minimum atomic E-state index is -0.0929. The summed E-state index contributed by atoms with van der Waals surface area (Å²) >= 11 is 0. The molecule has 0 fully saturated rings. The van der Waals surface area contributed by atoms with Crippen molar-refractivity contribution in [1.29, 1.82) is 0 Å². The Morgan fingerprint density at radius 1 is 1.38 bits per heavy atom. The van der Waals surface area contributed by atoms with Crippen LogP contribution < -0.4 is 5.32 Å². The predicted molar refractivity (Wildman–Crippen MR) is 66.8 cm³/mol. The second-order valence-corrected chi connectivity index (χ2v) is 4.68. The molecule has 1 unspecified atom stereocenters. The number of hydrogen-bond donors (Lipinski definition) is 3. The third-order valence-electron chi connectivity index (χ3n) is 3.15. The fourth-order valence-corrected chi connectivity index (χ4v) is 1.45. The molecule has 16 heavy (non-hydrogen) atoms. The molecule has 1 aromatic carbocycles. The minimum absolute atomic E-state index is 0.0929. The number of nitrogens with one attached hydrogen (secondary N) is 1. The van der Waals surface area contributed by atoms with Gasteiger partial charge in [-0.3, -0.25) is 0 Å². The van der Waals surface area contributed by atoms with Crippen LogP contribution in [0.4, 0.5) is 5.69 Å². The summed E-state index contributed by atoms with van der Waals surface area (Å²) in [5.74, 6) is 0.281. The first-order valence-electron chi connectivity index (χ1n) is 5.65. The molecule has 0 bridgehead atoms. The Morgan fingerprint density at radius 3 is 2.56 bits per heavy atom. The Kier molecular flexibility index (Phi) is 4.19. The van der Waals surface area contributed by atoms with Crippen molar-refractivity contribution in [3.63, 3.8) is 0 Å². The first kappa shape index (κ1) is 12.8. The molecule has 3 nitrogen and oxygen atoms in total. The molecule has 0 aliphatic carbocycles. The molecule has 3 N–H and O–H groups in total. The van der Waals surface area contributed by atoms with E-state index in [0.29, 0.717) is 0 Å². The summed E-state index contributed by atoms with van der Waals surface area (Å²) in [6.07, 6.45) is 0.924. The number of hydrogen-bond acceptors (Lipinski definition) is 3. The number of aromatic hydroxyl groups is 1. The largest absolute Gasteiger partial charge is 0.508 e. The number of aryl methyl sites for hydroxylation is 1. The van der Waals surface area contributed by atoms with E-state index in [1.165, 1.54) is 0 Å². The molecule has 1 rings (SSSR count). The van der Waals surface area contributed by atoms with Gasteiger partial charge in [0.1, 0.15) is 5.75 Å². The SMILES string of the molecule is CCC(C)(CO)CNc1ccc(O)cc1C. The van der Waals surface area contributed by atoms with Gasteiger partial charge in [0.15, 0.2) is 0 Å². The van der Waals surface area contributed by atoms with Crippen LogP contribution in [0.1, 0.15) is 25.8 Å². The summed E-state index contributed by atoms with van der Waals surface area (Å²) in [4.78, 5) is 0. The number of phenols is 1. The van der Waals surface area contributed by atoms with E-state index in [0.717, 1.165) is 24.2 Å². The van der Waals surface area contributed by atoms with Gasteiger partial charge in [-0.15, -0.1) is 0 Å². The molecule has 90 valence electrons. The highest BCUT2D eigenvalue weighted by Gasteiger charge is 2.20. The maximum Gasteiger partial charge on any atom is 0.115 e. The van der Waals surface area contributed by atoms with Crippen LogP contribution in [0, 0.1) is 12.3 Å². The summed E-state index contributed by atoms with van der Waals surface area (Å²) in [6, 6.07) is 5.25. The maximum atomic E-state index is 9.30. The van der Waals surface area contributed by atoms with Crippen LogP contribution in [0.5, 0.6) is 5.75 Å². The van der Waals surface area contributed by atoms with Crippen molar-refractivity contribution in [2.24, 2.45) is 5.41 Å². The van der Waals surface area contributed by atoms with E-state index >= 15 is 0 Å². The third kappa shape index (κ3) is 3.14. The van der Waals surface area contributed by atoms with E-state index < -0.39 is 0 Å². The normalized spacial score (nSPS) is 14.5. The molecule has 1 atom stereocenters. The average molecular weight is 223 g/mol. The zero-order chi connectivity index (χ0) is 12.2. The first-order valence-corrected chi connectivity index (χ1v) is 5.65. The van der Waals surface area contributed by atoms with Crippen molar-refractivity contribution < 1.29 is 10.2 Å². The van der Waals surface area contributed by atoms with Crippen molar-refractivity contribution in [3.05, 3.63) is 23.8 Å². The number of aliphatic hydroxyl groups is 1. The molecule has 0 saturated carbocycles. The fourth-order valence-electron chi connectivity index (χ4n) is 1.45. The van der Waals surface area contributed by atoms with Gasteiger partial charge in [0.2, 0.25) is 0 Å². The van der Waals surface area contributed by atoms with Crippen LogP contribution in [-0.4, -0.2) is 23.4 Å². The molecule has 0 aliphatic heterocycles. The first-order chi connectivity index (χ1) is 7.50. The van der Waals surface area contributed by atoms with E-state index in [9.17, 15) is 10.2 Å². The molecular weight excluding hydrogens is 202 g/mol. The Hall–Kier alpha value is -1.22. The lowest BCUT2D eigenvalue weighted by Crippen LogP contribution is -2.29. The number of phenolic OH excluding ortho intramolecular Hbond substituents is 1. The highest BCUT2D eigenvalue weighted by Crippen LogP contribution is 2.24. The Balaban J connectivity index is 2.67. The fraction of sp³-hybridized carbons (Fsp3) is 0.538. The van der Waals surface area contributed by atoms with Crippen LogP contribution >= 0.6 is 0 Å². The van der Waals surface area contributed by atoms with Gasteiger partial charge < -0.3 is 15.5 Å². The van der Waals surface area contributed by atoms with Crippen LogP contribution in [0.3, 0.4) is 0 Å². The third-order valence-corrected chi connectivity index (χ3v) is 3.15. The summed E-state index contributed by atoms with van der Waals surface area (Å²) < 4.78 is 0. The van der Waals surface area contributed by atoms with Gasteiger partial charge in [-0.25, -0.2) is 0 Å². The van der Waals surface area contributed by atoms with Gasteiger partial charge in [-0.05, 0) is 37.1 Å². The van der Waals surface area contributed by atoms with Gasteiger partial charge >= 0.3 is 0 Å². The average Bonchev–Trinajstić information content (AvgIpc) is 2.27. The van der Waals surface area contributed by atoms with Crippen LogP contribution in [0.15, 0.2) is 18.2 Å². The van der Waals surface area contributed by atoms with Gasteiger partial charge in [0.25, 0.3) is 0 Å². The summed E-state index contributed by atoms with van der Waals surface area (Å²) in [5.41, 5.74) is 1.92. The molecular formula is C13H21NO2. The zero-order valence-electron chi connectivity index (χ0n) is 10.2. The van der Waals surface area contributed by atoms with Gasteiger partial charge in [-0.1, -0.05) is 13.8 Å². The lowest BCUT2D eigenvalue weighted by atomic mass is 9.88. The molecule has 0 amide bonds. The second kappa shape index (κ2) is 5.21. The molecule has 3 heteroatoms. The Bertz CT molecular complexity index is 346. The highest BCUT2D eigenvalue weighted by molar-refractivity contribution is 5.53. The quantitative estimate of drug-likeness (QED) is 0.672. The van der Waals surface area contributed by atoms with E-state index in [-0.39, 0.29) is 17.8 Å². The maximum absolute atomic E-state index is 9.30. The lowest BCUT2D eigenvalue weighted by Gasteiger charge is -2.26. The molecule has 0 heterocycles. The molecule has 0 spiro atoms. The van der Waals surface area contributed by atoms with Crippen LogP contribution in [-0.2, 0) is 0 Å². The van der Waals surface area contributed by atoms with Crippen molar-refractivity contribution in [1.82, 2.24) is 0 Å². The van der Waals surface area contributed by atoms with Crippen molar-refractivity contribution in [3.8, 4) is 5.75 Å². The van der Waals surface area contributed by atoms with E-state index in [2.05, 4.69) is 19.2 Å². The summed E-state index contributed by atoms with van der Waals surface area (Å²) in [6.45, 7) is 6.97. The molecule has 0 saturated heterocycles. The highest BCUT2D eigenvalue weighted by atomic mass is 16.3. The Labute approximate surface area is 97.1 Å². The van der Waals surface area contributed by atoms with E-state index in [1.54, 1.807) is 12.1 Å². The smallest absolute Gasteiger partial charge is 0.115 e. The predicted octanol–water partition coefficient (Wildman–Crippen LogP) is 2.52. The monoisotopic (exact) mass is 223 g/mol. The number of benzene rings is 1. The van der Waals surface area contributed by atoms with Gasteiger partial charge in [-0.2, -0.15) is 0 Å². The molecule has 0 aromatic heterocycles. The minimum Gasteiger partial charge on any atom is -0.508 e. The summed E-state index contributed by atoms with van der Waals surface area (Å²) in [7, 11) is 0. The van der Waals surface area contributed by atoms with Crippen molar-refractivity contribution in [2.75, 3.05) is 18.5 Å². The number of rotatable bonds is 5. The molecule has 0 aliphatic rings. The number of aliphatic hydroxyl groups excluding tert-OH is 1. The van der Waals surface area contributed by atoms with Crippen molar-refractivity contribution >= 4 is 5.69 Å². The molecule has 0 radical (unpaired) electrons. The van der Waals surface area contributed by atoms with Crippen molar-refractivity contribution in [2.45, 2.75) is 27.2 Å². The summed E-state index contributed by atoms with van der Waals surface area (Å²) in [5, 5.41) is 21.9. The van der Waals surface area contributed by atoms with E-state index in [1.807, 2.05) is 13.0 Å². The number of anilines is 1. The van der Waals surface area contributed by atoms with Gasteiger partial charge in [0, 0.05) is 17.6 Å². The standard InChI is InChI=1S/C13H21NO2/c1-4-13(3,9-15)8-14-12-6-5-11(16)7-10(12)2/h5-7,14-16H,4,8-9H2,1-3H3. The van der Waals surface area contributed by atoms with Gasteiger partial charge in [0.05, 0.1) is 6.61 Å². The van der Waals surface area contributed by atoms with E-state index in [4.69, 9.17) is 0 Å². The zero-order valence-corrected chi connectivity index (χ0v) is 10.2. The van der Waals surface area contributed by atoms with Crippen LogP contribution in [0.25, 0.3) is 0 Å². The van der Waals surface area contributed by atoms with Crippen LogP contribution in [0.2, 0.25) is 0 Å². The second-order valence-electron chi connectivity index (χ2n) is 4.68. The Morgan fingerprint density at radius 2 is 2.06 bits per heavy atom.